The van der Waals surface area contributed by atoms with E-state index in [1.54, 1.807) is 30.2 Å². The lowest BCUT2D eigenvalue weighted by Crippen LogP contribution is -2.41. The molecule has 1 amide bonds. The minimum atomic E-state index is -1.04. The van der Waals surface area contributed by atoms with Gasteiger partial charge in [0.15, 0.2) is 0 Å². The normalized spacial score (nSPS) is 11.9. The van der Waals surface area contributed by atoms with Gasteiger partial charge in [-0.3, -0.25) is 9.78 Å². The molecule has 0 fully saturated rings. The average molecular weight is 505 g/mol. The number of carbonyl (C=O) groups excluding carboxylic acids is 1. The molecule has 0 aliphatic rings. The van der Waals surface area contributed by atoms with Crippen molar-refractivity contribution in [3.63, 3.8) is 0 Å². The molecule has 0 saturated heterocycles. The van der Waals surface area contributed by atoms with E-state index in [4.69, 9.17) is 4.74 Å². The first-order valence-corrected chi connectivity index (χ1v) is 13.3. The number of hydrogen-bond donors (Lipinski definition) is 2. The van der Waals surface area contributed by atoms with E-state index in [-0.39, 0.29) is 0 Å². The summed E-state index contributed by atoms with van der Waals surface area (Å²) in [6.07, 6.45) is 10.5. The Labute approximate surface area is 216 Å². The summed E-state index contributed by atoms with van der Waals surface area (Å²) in [5, 5.41) is 12.3. The van der Waals surface area contributed by atoms with Crippen LogP contribution in [0.1, 0.15) is 46.8 Å². The molecule has 3 aromatic rings. The zero-order chi connectivity index (χ0) is 25.9. The molecule has 1 aromatic heterocycles. The third-order valence-electron chi connectivity index (χ3n) is 5.66. The summed E-state index contributed by atoms with van der Waals surface area (Å²) < 4.78 is 5.82. The van der Waals surface area contributed by atoms with Crippen LogP contribution >= 0.6 is 11.8 Å². The van der Waals surface area contributed by atoms with E-state index in [2.05, 4.69) is 17.2 Å². The standard InChI is InChI=1S/C29H32N2O4S/c1-4-16-35-27-13-15-30-19-22(27)11-9-21-10-12-24(25(18-21)23-8-6-5-7-20(23)2)28(32)31-26(29(33)34)14-17-36-3/h5-13,15,18-19,26H,4,14,16-17H2,1-3H3,(H,31,32)(H,33,34)/b11-9+/t26-/m0/s1. The van der Waals surface area contributed by atoms with Crippen LogP contribution in [0.25, 0.3) is 23.3 Å². The summed E-state index contributed by atoms with van der Waals surface area (Å²) in [7, 11) is 0. The molecule has 7 heteroatoms. The van der Waals surface area contributed by atoms with Gasteiger partial charge in [-0.15, -0.1) is 0 Å². The quantitative estimate of drug-likeness (QED) is 0.317. The van der Waals surface area contributed by atoms with Crippen LogP contribution in [0.5, 0.6) is 5.75 Å². The van der Waals surface area contributed by atoms with Crippen LogP contribution < -0.4 is 10.1 Å². The molecule has 1 atom stereocenters. The monoisotopic (exact) mass is 504 g/mol. The van der Waals surface area contributed by atoms with E-state index in [0.29, 0.717) is 24.3 Å². The van der Waals surface area contributed by atoms with E-state index in [1.165, 1.54) is 0 Å². The summed E-state index contributed by atoms with van der Waals surface area (Å²) in [6, 6.07) is 14.3. The number of pyridine rings is 1. The fourth-order valence-corrected chi connectivity index (χ4v) is 4.21. The van der Waals surface area contributed by atoms with Crippen LogP contribution in [0.3, 0.4) is 0 Å². The van der Waals surface area contributed by atoms with Crippen LogP contribution in [0.15, 0.2) is 60.9 Å². The van der Waals surface area contributed by atoms with Gasteiger partial charge in [0.2, 0.25) is 0 Å². The van der Waals surface area contributed by atoms with Gasteiger partial charge in [-0.25, -0.2) is 4.79 Å². The Hall–Kier alpha value is -3.58. The number of nitrogens with zero attached hydrogens (tertiary/aromatic N) is 1. The maximum Gasteiger partial charge on any atom is 0.326 e. The number of aromatic nitrogens is 1. The van der Waals surface area contributed by atoms with Crippen LogP contribution in [0, 0.1) is 6.92 Å². The van der Waals surface area contributed by atoms with Crippen molar-refractivity contribution < 1.29 is 19.4 Å². The molecule has 2 aromatic carbocycles. The van der Waals surface area contributed by atoms with Crippen molar-refractivity contribution >= 4 is 35.8 Å². The van der Waals surface area contributed by atoms with Crippen LogP contribution in [0.2, 0.25) is 0 Å². The van der Waals surface area contributed by atoms with Crippen molar-refractivity contribution in [2.75, 3.05) is 18.6 Å². The van der Waals surface area contributed by atoms with E-state index >= 15 is 0 Å². The highest BCUT2D eigenvalue weighted by Crippen LogP contribution is 2.29. The first-order valence-electron chi connectivity index (χ1n) is 11.9. The molecule has 0 aliphatic carbocycles. The number of amides is 1. The topological polar surface area (TPSA) is 88.5 Å². The van der Waals surface area contributed by atoms with Crippen molar-refractivity contribution in [2.24, 2.45) is 0 Å². The van der Waals surface area contributed by atoms with Crippen molar-refractivity contribution in [3.05, 3.63) is 83.2 Å². The van der Waals surface area contributed by atoms with Gasteiger partial charge >= 0.3 is 5.97 Å². The lowest BCUT2D eigenvalue weighted by Gasteiger charge is -2.17. The Morgan fingerprint density at radius 2 is 1.94 bits per heavy atom. The molecule has 0 saturated carbocycles. The van der Waals surface area contributed by atoms with Gasteiger partial charge in [0, 0.05) is 23.5 Å². The van der Waals surface area contributed by atoms with Gasteiger partial charge < -0.3 is 15.2 Å². The highest BCUT2D eigenvalue weighted by molar-refractivity contribution is 7.98. The number of hydrogen-bond acceptors (Lipinski definition) is 5. The molecule has 0 radical (unpaired) electrons. The molecule has 36 heavy (non-hydrogen) atoms. The highest BCUT2D eigenvalue weighted by Gasteiger charge is 2.22. The number of aliphatic carboxylic acids is 1. The van der Waals surface area contributed by atoms with Crippen LogP contribution in [0.4, 0.5) is 0 Å². The number of carboxylic acids is 1. The molecule has 3 rings (SSSR count). The highest BCUT2D eigenvalue weighted by atomic mass is 32.2. The Morgan fingerprint density at radius 1 is 1.14 bits per heavy atom. The third kappa shape index (κ3) is 7.21. The minimum absolute atomic E-state index is 0.357. The molecular weight excluding hydrogens is 472 g/mol. The molecule has 0 unspecified atom stereocenters. The Kier molecular flexibility index (Phi) is 10.1. The smallest absolute Gasteiger partial charge is 0.326 e. The van der Waals surface area contributed by atoms with E-state index in [0.717, 1.165) is 40.0 Å². The molecule has 0 spiro atoms. The number of rotatable bonds is 12. The Morgan fingerprint density at radius 3 is 2.67 bits per heavy atom. The first kappa shape index (κ1) is 27.0. The summed E-state index contributed by atoms with van der Waals surface area (Å²) >= 11 is 1.55. The fraction of sp³-hybridized carbons (Fsp3) is 0.276. The third-order valence-corrected chi connectivity index (χ3v) is 6.31. The SMILES string of the molecule is CCCOc1ccncc1/C=C/c1ccc(C(=O)N[C@@H](CCSC)C(=O)O)c(-c2ccccc2C)c1. The van der Waals surface area contributed by atoms with Gasteiger partial charge in [-0.1, -0.05) is 43.3 Å². The second-order valence-electron chi connectivity index (χ2n) is 8.36. The summed E-state index contributed by atoms with van der Waals surface area (Å²) in [5.41, 5.74) is 4.88. The van der Waals surface area contributed by atoms with Crippen LogP contribution in [-0.2, 0) is 4.79 Å². The molecule has 1 heterocycles. The largest absolute Gasteiger partial charge is 0.493 e. The van der Waals surface area contributed by atoms with Crippen molar-refractivity contribution in [1.29, 1.82) is 0 Å². The summed E-state index contributed by atoms with van der Waals surface area (Å²) in [6.45, 7) is 4.67. The van der Waals surface area contributed by atoms with E-state index in [1.807, 2.05) is 67.8 Å². The van der Waals surface area contributed by atoms with E-state index in [9.17, 15) is 14.7 Å². The van der Waals surface area contributed by atoms with E-state index < -0.39 is 17.9 Å². The number of aryl methyl sites for hydroxylation is 1. The lowest BCUT2D eigenvalue weighted by molar-refractivity contribution is -0.139. The zero-order valence-corrected chi connectivity index (χ0v) is 21.7. The average Bonchev–Trinajstić information content (AvgIpc) is 2.89. The lowest BCUT2D eigenvalue weighted by atomic mass is 9.93. The predicted molar refractivity (Wildman–Crippen MR) is 147 cm³/mol. The number of ether oxygens (including phenoxy) is 1. The maximum atomic E-state index is 13.2. The molecule has 6 nitrogen and oxygen atoms in total. The number of carboxylic acid groups (broad SMARTS) is 1. The first-order chi connectivity index (χ1) is 17.4. The number of nitrogens with one attached hydrogen (secondary N) is 1. The minimum Gasteiger partial charge on any atom is -0.493 e. The van der Waals surface area contributed by atoms with Gasteiger partial charge in [0.05, 0.1) is 6.61 Å². The maximum absolute atomic E-state index is 13.2. The van der Waals surface area contributed by atoms with Gasteiger partial charge in [0.1, 0.15) is 11.8 Å². The molecular formula is C29H32N2O4S. The van der Waals surface area contributed by atoms with Gasteiger partial charge in [0.25, 0.3) is 5.91 Å². The number of carbonyl (C=O) groups is 2. The van der Waals surface area contributed by atoms with Crippen molar-refractivity contribution in [2.45, 2.75) is 32.7 Å². The molecule has 0 aliphatic heterocycles. The molecule has 188 valence electrons. The second kappa shape index (κ2) is 13.5. The molecule has 0 bridgehead atoms. The zero-order valence-electron chi connectivity index (χ0n) is 20.9. The molecule has 2 N–H and O–H groups in total. The number of benzene rings is 2. The summed E-state index contributed by atoms with van der Waals surface area (Å²) in [4.78, 5) is 29.1. The number of thioether (sulfide) groups is 1. The Balaban J connectivity index is 1.97. The van der Waals surface area contributed by atoms with Crippen LogP contribution in [-0.4, -0.2) is 46.6 Å². The second-order valence-corrected chi connectivity index (χ2v) is 9.35. The van der Waals surface area contributed by atoms with Gasteiger partial charge in [-0.2, -0.15) is 11.8 Å². The van der Waals surface area contributed by atoms with Gasteiger partial charge in [-0.05, 0) is 78.3 Å². The van der Waals surface area contributed by atoms with Crippen molar-refractivity contribution in [3.8, 4) is 16.9 Å². The summed E-state index contributed by atoms with van der Waals surface area (Å²) in [5.74, 6) is -0.0286. The van der Waals surface area contributed by atoms with Crippen molar-refractivity contribution in [1.82, 2.24) is 10.3 Å². The predicted octanol–water partition coefficient (Wildman–Crippen LogP) is 5.95. The Bertz CT molecular complexity index is 1230. The fourth-order valence-electron chi connectivity index (χ4n) is 3.74.